The van der Waals surface area contributed by atoms with E-state index in [1.807, 2.05) is 0 Å². The van der Waals surface area contributed by atoms with Crippen LogP contribution in [0, 0.1) is 0 Å². The molecule has 1 saturated heterocycles. The van der Waals surface area contributed by atoms with E-state index in [-0.39, 0.29) is 23.8 Å². The minimum Gasteiger partial charge on any atom is -0.394 e. The minimum absolute atomic E-state index is 0.141. The van der Waals surface area contributed by atoms with Crippen molar-refractivity contribution in [1.29, 1.82) is 0 Å². The van der Waals surface area contributed by atoms with Gasteiger partial charge in [0.1, 0.15) is 12.3 Å². The summed E-state index contributed by atoms with van der Waals surface area (Å²) in [5, 5.41) is 12.1. The highest BCUT2D eigenvalue weighted by atomic mass is 31.0. The largest absolute Gasteiger partial charge is 0.394 e. The summed E-state index contributed by atoms with van der Waals surface area (Å²) in [7, 11) is 3.84. The summed E-state index contributed by atoms with van der Waals surface area (Å²) in [6, 6.07) is 0. The van der Waals surface area contributed by atoms with Crippen LogP contribution in [0.1, 0.15) is 12.6 Å². The van der Waals surface area contributed by atoms with Crippen molar-refractivity contribution in [3.8, 4) is 0 Å². The molecule has 0 amide bonds. The molecule has 1 unspecified atom stereocenters. The Hall–Kier alpha value is -1.54. The van der Waals surface area contributed by atoms with Crippen molar-refractivity contribution in [2.24, 2.45) is 0 Å². The van der Waals surface area contributed by atoms with Crippen molar-refractivity contribution in [3.05, 3.63) is 16.7 Å². The Morgan fingerprint density at radius 3 is 3.14 bits per heavy atom. The summed E-state index contributed by atoms with van der Waals surface area (Å²) in [4.78, 5) is 22.9. The van der Waals surface area contributed by atoms with Crippen molar-refractivity contribution in [1.82, 2.24) is 19.5 Å². The quantitative estimate of drug-likeness (QED) is 0.659. The number of imidazole rings is 1. The molecule has 1 fully saturated rings. The normalized spacial score (nSPS) is 25.6. The number of aliphatic hydroxyl groups excluding tert-OH is 1. The number of anilines is 1. The van der Waals surface area contributed by atoms with Gasteiger partial charge in [0, 0.05) is 22.9 Å². The molecule has 1 aliphatic heterocycles. The lowest BCUT2D eigenvalue weighted by Gasteiger charge is -2.14. The van der Waals surface area contributed by atoms with Crippen molar-refractivity contribution in [2.45, 2.75) is 24.9 Å². The van der Waals surface area contributed by atoms with Crippen LogP contribution in [0.4, 0.5) is 5.95 Å². The molecule has 2 aromatic rings. The van der Waals surface area contributed by atoms with Crippen LogP contribution in [0.3, 0.4) is 0 Å². The smallest absolute Gasteiger partial charge is 0.280 e. The highest BCUT2D eigenvalue weighted by Crippen LogP contribution is 2.32. The Kier molecular flexibility index (Phi) is 3.90. The number of nitrogens with one attached hydrogen (secondary N) is 2. The molecule has 0 radical (unpaired) electrons. The van der Waals surface area contributed by atoms with Gasteiger partial charge in [-0.2, -0.15) is 4.98 Å². The van der Waals surface area contributed by atoms with Crippen molar-refractivity contribution in [2.75, 3.05) is 19.0 Å². The van der Waals surface area contributed by atoms with Gasteiger partial charge in [-0.05, 0) is 0 Å². The monoisotopic (exact) mass is 313 g/mol. The summed E-state index contributed by atoms with van der Waals surface area (Å²) < 4.78 is 12.6. The molecule has 3 rings (SSSR count). The number of ether oxygens (including phenoxy) is 1. The van der Waals surface area contributed by atoms with Crippen LogP contribution >= 0.6 is 9.47 Å². The summed E-state index contributed by atoms with van der Waals surface area (Å²) in [6.45, 7) is -0.141. The first-order valence-electron chi connectivity index (χ1n) is 6.44. The lowest BCUT2D eigenvalue weighted by Crippen LogP contribution is -2.25. The number of aliphatic hydroxyl groups is 1. The third kappa shape index (κ3) is 2.42. The number of H-pyrrole nitrogens is 1. The first-order chi connectivity index (χ1) is 10.2. The van der Waals surface area contributed by atoms with Crippen LogP contribution in [0.15, 0.2) is 11.1 Å². The van der Waals surface area contributed by atoms with E-state index in [0.29, 0.717) is 18.0 Å². The fourth-order valence-corrected chi connectivity index (χ4v) is 2.72. The topological polar surface area (TPSA) is 114 Å². The van der Waals surface area contributed by atoms with Gasteiger partial charge in [0.05, 0.1) is 19.0 Å². The number of hydrogen-bond acceptors (Lipinski definition) is 7. The molecule has 114 valence electrons. The zero-order valence-electron chi connectivity index (χ0n) is 11.3. The maximum atomic E-state index is 11.9. The lowest BCUT2D eigenvalue weighted by atomic mass is 10.2. The van der Waals surface area contributed by atoms with Crippen LogP contribution < -0.4 is 10.9 Å². The standard InChI is InChI=1S/C11H16N5O4P/c1-12-11-14-9-8(10(18)15-11)13-4-16(9)7-2-5(20-21)6(3-17)19-7/h4-7,17H,2-3,21H2,1H3,(H2,12,14,15,18)/t5-,6-,7-/m1/s1. The molecular weight excluding hydrogens is 297 g/mol. The summed E-state index contributed by atoms with van der Waals surface area (Å²) in [5.41, 5.74) is 0.348. The van der Waals surface area contributed by atoms with Gasteiger partial charge in [-0.3, -0.25) is 14.3 Å². The summed E-state index contributed by atoms with van der Waals surface area (Å²) in [5.74, 6) is 0.352. The average Bonchev–Trinajstić information content (AvgIpc) is 3.09. The third-order valence-electron chi connectivity index (χ3n) is 3.51. The van der Waals surface area contributed by atoms with Crippen LogP contribution in [0.2, 0.25) is 0 Å². The van der Waals surface area contributed by atoms with Gasteiger partial charge in [0.25, 0.3) is 5.56 Å². The lowest BCUT2D eigenvalue weighted by molar-refractivity contribution is -0.0372. The Balaban J connectivity index is 2.02. The molecule has 0 saturated carbocycles. The van der Waals surface area contributed by atoms with Gasteiger partial charge < -0.3 is 19.7 Å². The predicted octanol–water partition coefficient (Wildman–Crippen LogP) is -0.384. The van der Waals surface area contributed by atoms with Gasteiger partial charge in [-0.25, -0.2) is 4.98 Å². The first-order valence-corrected chi connectivity index (χ1v) is 6.91. The fourth-order valence-electron chi connectivity index (χ4n) is 2.43. The van der Waals surface area contributed by atoms with Gasteiger partial charge in [-0.15, -0.1) is 0 Å². The van der Waals surface area contributed by atoms with E-state index in [0.717, 1.165) is 0 Å². The number of aromatic amines is 1. The maximum absolute atomic E-state index is 11.9. The molecule has 21 heavy (non-hydrogen) atoms. The summed E-state index contributed by atoms with van der Waals surface area (Å²) >= 11 is 0. The highest BCUT2D eigenvalue weighted by Gasteiger charge is 2.36. The Morgan fingerprint density at radius 2 is 2.52 bits per heavy atom. The number of nitrogens with zero attached hydrogens (tertiary/aromatic N) is 3. The number of fused-ring (bicyclic) bond motifs is 1. The van der Waals surface area contributed by atoms with Crippen LogP contribution in [-0.4, -0.2) is 50.5 Å². The minimum atomic E-state index is -0.421. The first kappa shape index (κ1) is 14.4. The van der Waals surface area contributed by atoms with Crippen LogP contribution in [0.25, 0.3) is 11.2 Å². The molecule has 0 aliphatic carbocycles. The highest BCUT2D eigenvalue weighted by molar-refractivity contribution is 7.09. The second kappa shape index (κ2) is 5.69. The SMILES string of the molecule is CNc1nc2c(ncn2[C@H]2C[C@@H](OP)[C@@H](CO)O2)c(=O)[nH]1. The van der Waals surface area contributed by atoms with E-state index in [2.05, 4.69) is 29.7 Å². The summed E-state index contributed by atoms with van der Waals surface area (Å²) in [6.07, 6.45) is 0.987. The van der Waals surface area contributed by atoms with Crippen molar-refractivity contribution >= 4 is 26.6 Å². The molecule has 3 heterocycles. The Morgan fingerprint density at radius 1 is 1.71 bits per heavy atom. The Labute approximate surface area is 122 Å². The molecule has 1 aliphatic rings. The zero-order chi connectivity index (χ0) is 15.0. The molecule has 2 aromatic heterocycles. The maximum Gasteiger partial charge on any atom is 0.280 e. The van der Waals surface area contributed by atoms with Crippen molar-refractivity contribution in [3.63, 3.8) is 0 Å². The Bertz CT molecular complexity index is 689. The van der Waals surface area contributed by atoms with Gasteiger partial charge in [0.2, 0.25) is 5.95 Å². The van der Waals surface area contributed by atoms with E-state index in [9.17, 15) is 9.90 Å². The third-order valence-corrected chi connectivity index (χ3v) is 3.86. The molecule has 9 nitrogen and oxygen atoms in total. The number of aromatic nitrogens is 4. The average molecular weight is 313 g/mol. The molecule has 0 aromatic carbocycles. The molecule has 10 heteroatoms. The molecule has 0 spiro atoms. The van der Waals surface area contributed by atoms with Crippen LogP contribution in [-0.2, 0) is 9.26 Å². The number of hydrogen-bond donors (Lipinski definition) is 3. The van der Waals surface area contributed by atoms with E-state index in [4.69, 9.17) is 9.26 Å². The van der Waals surface area contributed by atoms with Crippen LogP contribution in [0.5, 0.6) is 0 Å². The van der Waals surface area contributed by atoms with Gasteiger partial charge in [-0.1, -0.05) is 0 Å². The molecule has 0 bridgehead atoms. The van der Waals surface area contributed by atoms with E-state index >= 15 is 0 Å². The second-order valence-corrected chi connectivity index (χ2v) is 4.98. The second-order valence-electron chi connectivity index (χ2n) is 4.71. The number of rotatable bonds is 4. The van der Waals surface area contributed by atoms with Crippen molar-refractivity contribution < 1.29 is 14.4 Å². The molecule has 3 N–H and O–H groups in total. The zero-order valence-corrected chi connectivity index (χ0v) is 12.5. The van der Waals surface area contributed by atoms with E-state index < -0.39 is 12.3 Å². The fraction of sp³-hybridized carbons (Fsp3) is 0.545. The molecule has 4 atom stereocenters. The molecular formula is C11H16N5O4P. The van der Waals surface area contributed by atoms with E-state index in [1.165, 1.54) is 6.33 Å². The van der Waals surface area contributed by atoms with Gasteiger partial charge in [0.15, 0.2) is 11.2 Å². The predicted molar refractivity (Wildman–Crippen MR) is 77.9 cm³/mol. The van der Waals surface area contributed by atoms with E-state index in [1.54, 1.807) is 11.6 Å². The van der Waals surface area contributed by atoms with Gasteiger partial charge >= 0.3 is 0 Å².